The van der Waals surface area contributed by atoms with Crippen LogP contribution in [0.5, 0.6) is 11.5 Å². The van der Waals surface area contributed by atoms with Gasteiger partial charge in [-0.3, -0.25) is 0 Å². The lowest BCUT2D eigenvalue weighted by Crippen LogP contribution is -2.32. The first-order valence-electron chi connectivity index (χ1n) is 18.9. The predicted molar refractivity (Wildman–Crippen MR) is 227 cm³/mol. The molecule has 1 spiro atoms. The molecule has 9 aromatic rings. The molecule has 0 amide bonds. The Bertz CT molecular complexity index is 2850. The summed E-state index contributed by atoms with van der Waals surface area (Å²) in [6.45, 7) is 0. The van der Waals surface area contributed by atoms with Crippen molar-refractivity contribution < 1.29 is 4.74 Å². The maximum atomic E-state index is 6.55. The Balaban J connectivity index is 1.06. The molecular formula is C53H35NO. The van der Waals surface area contributed by atoms with E-state index in [1.807, 2.05) is 0 Å². The molecule has 1 aliphatic heterocycles. The zero-order chi connectivity index (χ0) is 36.3. The van der Waals surface area contributed by atoms with E-state index in [2.05, 4.69) is 217 Å². The van der Waals surface area contributed by atoms with Crippen molar-refractivity contribution in [3.63, 3.8) is 0 Å². The van der Waals surface area contributed by atoms with Crippen LogP contribution in [0.1, 0.15) is 22.3 Å². The second-order valence-electron chi connectivity index (χ2n) is 14.4. The van der Waals surface area contributed by atoms with Gasteiger partial charge in [-0.15, -0.1) is 0 Å². The number of hydrogen-bond acceptors (Lipinski definition) is 2. The molecule has 0 unspecified atom stereocenters. The number of benzene rings is 9. The molecule has 0 radical (unpaired) electrons. The van der Waals surface area contributed by atoms with Crippen molar-refractivity contribution in [2.45, 2.75) is 5.41 Å². The molecule has 9 aromatic carbocycles. The lowest BCUT2D eigenvalue weighted by atomic mass is 9.66. The van der Waals surface area contributed by atoms with Crippen LogP contribution >= 0.6 is 0 Å². The van der Waals surface area contributed by atoms with Gasteiger partial charge in [0.05, 0.1) is 5.41 Å². The summed E-state index contributed by atoms with van der Waals surface area (Å²) in [4.78, 5) is 2.38. The Kier molecular flexibility index (Phi) is 7.11. The van der Waals surface area contributed by atoms with Crippen LogP contribution in [0, 0.1) is 0 Å². The predicted octanol–water partition coefficient (Wildman–Crippen LogP) is 14.1. The molecule has 2 heteroatoms. The number of para-hydroxylation sites is 3. The van der Waals surface area contributed by atoms with Crippen LogP contribution in [-0.4, -0.2) is 0 Å². The minimum Gasteiger partial charge on any atom is -0.457 e. The molecule has 2 aliphatic rings. The van der Waals surface area contributed by atoms with E-state index in [0.717, 1.165) is 28.6 Å². The van der Waals surface area contributed by atoms with Crippen LogP contribution in [0.2, 0.25) is 0 Å². The van der Waals surface area contributed by atoms with Gasteiger partial charge in [-0.05, 0) is 104 Å². The van der Waals surface area contributed by atoms with E-state index in [1.54, 1.807) is 0 Å². The Hall–Kier alpha value is -7.16. The van der Waals surface area contributed by atoms with Crippen molar-refractivity contribution in [3.8, 4) is 44.9 Å². The van der Waals surface area contributed by atoms with Crippen LogP contribution in [-0.2, 0) is 5.41 Å². The van der Waals surface area contributed by atoms with Gasteiger partial charge >= 0.3 is 0 Å². The number of nitrogens with zero attached hydrogens (tertiary/aromatic N) is 1. The van der Waals surface area contributed by atoms with Crippen molar-refractivity contribution >= 4 is 27.8 Å². The molecule has 0 atom stereocenters. The Labute approximate surface area is 321 Å². The average molecular weight is 702 g/mol. The van der Waals surface area contributed by atoms with E-state index in [4.69, 9.17) is 4.74 Å². The summed E-state index contributed by atoms with van der Waals surface area (Å²) < 4.78 is 6.55. The fourth-order valence-corrected chi connectivity index (χ4v) is 9.23. The van der Waals surface area contributed by atoms with E-state index < -0.39 is 5.41 Å². The zero-order valence-corrected chi connectivity index (χ0v) is 30.1. The second-order valence-corrected chi connectivity index (χ2v) is 14.4. The third kappa shape index (κ3) is 4.75. The molecule has 0 bridgehead atoms. The van der Waals surface area contributed by atoms with Gasteiger partial charge in [0.1, 0.15) is 11.5 Å². The molecule has 0 N–H and O–H groups in total. The number of rotatable bonds is 5. The van der Waals surface area contributed by atoms with E-state index in [0.29, 0.717) is 0 Å². The first-order valence-corrected chi connectivity index (χ1v) is 18.9. The van der Waals surface area contributed by atoms with E-state index in [-0.39, 0.29) is 0 Å². The molecule has 11 rings (SSSR count). The van der Waals surface area contributed by atoms with E-state index in [9.17, 15) is 0 Å². The first-order chi connectivity index (χ1) is 27.3. The van der Waals surface area contributed by atoms with Gasteiger partial charge in [0.25, 0.3) is 0 Å². The molecule has 258 valence electrons. The van der Waals surface area contributed by atoms with Gasteiger partial charge in [-0.2, -0.15) is 0 Å². The molecule has 1 aliphatic carbocycles. The van der Waals surface area contributed by atoms with Gasteiger partial charge in [0, 0.05) is 28.2 Å². The number of fused-ring (bicyclic) bond motifs is 10. The summed E-state index contributed by atoms with van der Waals surface area (Å²) in [6.07, 6.45) is 0. The second kappa shape index (κ2) is 12.5. The van der Waals surface area contributed by atoms with Crippen LogP contribution in [0.15, 0.2) is 212 Å². The van der Waals surface area contributed by atoms with Crippen molar-refractivity contribution in [1.29, 1.82) is 0 Å². The van der Waals surface area contributed by atoms with Crippen LogP contribution in [0.25, 0.3) is 44.2 Å². The summed E-state index contributed by atoms with van der Waals surface area (Å²) in [7, 11) is 0. The molecule has 0 aromatic heterocycles. The maximum Gasteiger partial charge on any atom is 0.132 e. The van der Waals surface area contributed by atoms with Gasteiger partial charge in [-0.1, -0.05) is 164 Å². The minimum absolute atomic E-state index is 0.492. The van der Waals surface area contributed by atoms with E-state index in [1.165, 1.54) is 66.4 Å². The fourth-order valence-electron chi connectivity index (χ4n) is 9.23. The molecule has 0 fully saturated rings. The largest absolute Gasteiger partial charge is 0.457 e. The molecule has 55 heavy (non-hydrogen) atoms. The topological polar surface area (TPSA) is 12.5 Å². The Morgan fingerprint density at radius 3 is 1.44 bits per heavy atom. The molecular weight excluding hydrogens is 667 g/mol. The number of ether oxygens (including phenoxy) is 1. The standard InChI is InChI=1S/C53H35NO/c1-3-15-36(16-4-1)41-20-13-23-44-42(21-14-22-43(41)44)37-29-31-39(32-30-37)54(38-17-5-2-6-18-38)40-33-34-48-46(35-40)45-19-7-8-24-47(45)53(48)49-25-9-11-27-51(49)55-52-28-12-10-26-50(52)53/h1-35H. The van der Waals surface area contributed by atoms with Crippen molar-refractivity contribution in [3.05, 3.63) is 235 Å². The van der Waals surface area contributed by atoms with Gasteiger partial charge in [0.15, 0.2) is 0 Å². The third-order valence-corrected chi connectivity index (χ3v) is 11.5. The average Bonchev–Trinajstić information content (AvgIpc) is 3.54. The third-order valence-electron chi connectivity index (χ3n) is 11.5. The highest BCUT2D eigenvalue weighted by molar-refractivity contribution is 6.04. The highest BCUT2D eigenvalue weighted by atomic mass is 16.5. The van der Waals surface area contributed by atoms with Crippen LogP contribution in [0.3, 0.4) is 0 Å². The minimum atomic E-state index is -0.492. The highest BCUT2D eigenvalue weighted by Gasteiger charge is 2.51. The number of hydrogen-bond donors (Lipinski definition) is 0. The maximum absolute atomic E-state index is 6.55. The smallest absolute Gasteiger partial charge is 0.132 e. The van der Waals surface area contributed by atoms with Crippen LogP contribution < -0.4 is 9.64 Å². The van der Waals surface area contributed by atoms with Gasteiger partial charge in [-0.25, -0.2) is 0 Å². The van der Waals surface area contributed by atoms with Crippen molar-refractivity contribution in [1.82, 2.24) is 0 Å². The first kappa shape index (κ1) is 31.4. The SMILES string of the molecule is c1ccc(-c2cccc3c(-c4ccc(N(c5ccccc5)c5ccc6c(c5)-c5ccccc5C65c6ccccc6Oc6ccccc65)cc4)cccc23)cc1. The zero-order valence-electron chi connectivity index (χ0n) is 30.1. The highest BCUT2D eigenvalue weighted by Crippen LogP contribution is 2.62. The summed E-state index contributed by atoms with van der Waals surface area (Å²) in [5, 5.41) is 2.51. The van der Waals surface area contributed by atoms with Crippen molar-refractivity contribution in [2.24, 2.45) is 0 Å². The van der Waals surface area contributed by atoms with Gasteiger partial charge < -0.3 is 9.64 Å². The summed E-state index contributed by atoms with van der Waals surface area (Å²) in [6, 6.07) is 76.7. The van der Waals surface area contributed by atoms with E-state index >= 15 is 0 Å². The lowest BCUT2D eigenvalue weighted by molar-refractivity contribution is 0.436. The molecule has 1 heterocycles. The van der Waals surface area contributed by atoms with Crippen molar-refractivity contribution in [2.75, 3.05) is 4.90 Å². The number of anilines is 3. The van der Waals surface area contributed by atoms with Gasteiger partial charge in [0.2, 0.25) is 0 Å². The van der Waals surface area contributed by atoms with Crippen LogP contribution in [0.4, 0.5) is 17.1 Å². The normalized spacial score (nSPS) is 13.0. The Morgan fingerprint density at radius 2 is 0.782 bits per heavy atom. The quantitative estimate of drug-likeness (QED) is 0.177. The molecule has 0 saturated heterocycles. The summed E-state index contributed by atoms with van der Waals surface area (Å²) in [5.74, 6) is 1.81. The fraction of sp³-hybridized carbons (Fsp3) is 0.0189. The molecule has 2 nitrogen and oxygen atoms in total. The lowest BCUT2D eigenvalue weighted by Gasteiger charge is -2.39. The molecule has 0 saturated carbocycles. The summed E-state index contributed by atoms with van der Waals surface area (Å²) in [5.41, 5.74) is 15.1. The Morgan fingerprint density at radius 1 is 0.309 bits per heavy atom. The monoisotopic (exact) mass is 701 g/mol. The summed E-state index contributed by atoms with van der Waals surface area (Å²) >= 11 is 0.